The zero-order valence-electron chi connectivity index (χ0n) is 24.3. The van der Waals surface area contributed by atoms with Crippen LogP contribution in [0.15, 0.2) is 36.4 Å². The van der Waals surface area contributed by atoms with E-state index in [0.717, 1.165) is 4.90 Å². The van der Waals surface area contributed by atoms with E-state index in [1.165, 1.54) is 12.2 Å². The summed E-state index contributed by atoms with van der Waals surface area (Å²) < 4.78 is 10.4. The lowest BCUT2D eigenvalue weighted by Gasteiger charge is -2.25. The number of urea groups is 1. The van der Waals surface area contributed by atoms with Gasteiger partial charge in [0, 0.05) is 36.8 Å². The Kier molecular flexibility index (Phi) is 14.6. The Balaban J connectivity index is 1.85. The van der Waals surface area contributed by atoms with Gasteiger partial charge >= 0.3 is 12.1 Å². The van der Waals surface area contributed by atoms with Crippen molar-refractivity contribution < 1.29 is 43.3 Å². The van der Waals surface area contributed by atoms with Gasteiger partial charge in [0.1, 0.15) is 12.6 Å². The van der Waals surface area contributed by atoms with Crippen molar-refractivity contribution in [1.29, 1.82) is 0 Å². The number of ether oxygens (including phenoxy) is 2. The van der Waals surface area contributed by atoms with Gasteiger partial charge in [-0.25, -0.2) is 9.59 Å². The number of aliphatic hydroxyl groups is 1. The van der Waals surface area contributed by atoms with Gasteiger partial charge in [0.25, 0.3) is 11.8 Å². The quantitative estimate of drug-likeness (QED) is 0.0989. The molecule has 2 rings (SSSR count). The van der Waals surface area contributed by atoms with Gasteiger partial charge in [-0.2, -0.15) is 0 Å². The molecule has 1 aromatic carbocycles. The Morgan fingerprint density at radius 3 is 2.26 bits per heavy atom. The van der Waals surface area contributed by atoms with Crippen LogP contribution in [0.5, 0.6) is 0 Å². The molecule has 0 spiro atoms. The summed E-state index contributed by atoms with van der Waals surface area (Å²) >= 11 is 0. The Morgan fingerprint density at radius 1 is 0.977 bits per heavy atom. The largest absolute Gasteiger partial charge is 0.447 e. The number of hydrogen-bond acceptors (Lipinski definition) is 9. The van der Waals surface area contributed by atoms with Crippen molar-refractivity contribution in [1.82, 2.24) is 20.9 Å². The zero-order chi connectivity index (χ0) is 31.8. The molecular formula is C28H40N6O9. The topological polar surface area (TPSA) is 218 Å². The minimum atomic E-state index is -0.978. The van der Waals surface area contributed by atoms with Crippen molar-refractivity contribution in [3.05, 3.63) is 42.0 Å². The Hall–Kier alpha value is -4.50. The SMILES string of the molecule is CC(C)[C@H](NC(=O)OCCOCCN1C(=O)C=CC1=O)C(=O)N[C@@H](CCCNC(N)=O)CC(=O)Nc1ccc(CO)cc1. The van der Waals surface area contributed by atoms with Crippen molar-refractivity contribution in [3.8, 4) is 0 Å². The maximum atomic E-state index is 13.2. The lowest BCUT2D eigenvalue weighted by molar-refractivity contribution is -0.137. The average molecular weight is 605 g/mol. The lowest BCUT2D eigenvalue weighted by atomic mass is 10.0. The fourth-order valence-electron chi connectivity index (χ4n) is 4.01. The Bertz CT molecular complexity index is 1140. The summed E-state index contributed by atoms with van der Waals surface area (Å²) in [5.74, 6) is -2.05. The molecular weight excluding hydrogens is 564 g/mol. The maximum absolute atomic E-state index is 13.2. The first-order chi connectivity index (χ1) is 20.5. The molecule has 7 N–H and O–H groups in total. The van der Waals surface area contributed by atoms with Crippen LogP contribution in [-0.4, -0.2) is 90.8 Å². The third kappa shape index (κ3) is 12.9. The highest BCUT2D eigenvalue weighted by atomic mass is 16.6. The van der Waals surface area contributed by atoms with Crippen molar-refractivity contribution in [2.75, 3.05) is 38.2 Å². The molecule has 15 nitrogen and oxygen atoms in total. The number of anilines is 1. The maximum Gasteiger partial charge on any atom is 0.407 e. The van der Waals surface area contributed by atoms with Gasteiger partial charge in [-0.1, -0.05) is 26.0 Å². The molecule has 1 aliphatic rings. The second-order valence-corrected chi connectivity index (χ2v) is 10.0. The molecule has 0 fully saturated rings. The second-order valence-electron chi connectivity index (χ2n) is 10.0. The van der Waals surface area contributed by atoms with E-state index in [1.54, 1.807) is 38.1 Å². The van der Waals surface area contributed by atoms with Crippen LogP contribution < -0.4 is 27.0 Å². The summed E-state index contributed by atoms with van der Waals surface area (Å²) in [6.45, 7) is 3.60. The number of aliphatic hydroxyl groups excluding tert-OH is 1. The monoisotopic (exact) mass is 604 g/mol. The number of alkyl carbamates (subject to hydrolysis) is 1. The van der Waals surface area contributed by atoms with Gasteiger partial charge < -0.3 is 41.6 Å². The zero-order valence-corrected chi connectivity index (χ0v) is 24.3. The van der Waals surface area contributed by atoms with E-state index in [9.17, 15) is 33.9 Å². The molecule has 0 bridgehead atoms. The summed E-state index contributed by atoms with van der Waals surface area (Å²) in [5, 5.41) is 19.7. The first kappa shape index (κ1) is 34.7. The van der Waals surface area contributed by atoms with Gasteiger partial charge in [-0.05, 0) is 36.5 Å². The number of imide groups is 1. The number of primary amides is 1. The van der Waals surface area contributed by atoms with Crippen LogP contribution in [0.25, 0.3) is 0 Å². The van der Waals surface area contributed by atoms with E-state index < -0.39 is 41.9 Å². The molecule has 15 heteroatoms. The molecule has 0 unspecified atom stereocenters. The number of carbonyl (C=O) groups excluding carboxylic acids is 6. The van der Waals surface area contributed by atoms with E-state index in [4.69, 9.17) is 15.2 Å². The highest BCUT2D eigenvalue weighted by Gasteiger charge is 2.28. The second kappa shape index (κ2) is 18.1. The number of carbonyl (C=O) groups is 6. The standard InChI is InChI=1S/C28H40N6O9/c1-18(2)25(33-28(41)43-15-14-42-13-12-34-23(37)9-10-24(34)38)26(39)32-21(4-3-11-30-27(29)40)16-22(36)31-20-7-5-19(17-35)6-8-20/h5-10,18,21,25,35H,3-4,11-17H2,1-2H3,(H,31,36)(H,32,39)(H,33,41)(H3,29,30,40)/t21-,25-/m0/s1. The fraction of sp³-hybridized carbons (Fsp3) is 0.500. The summed E-state index contributed by atoms with van der Waals surface area (Å²) in [5.41, 5.74) is 6.31. The molecule has 0 saturated heterocycles. The molecule has 0 aromatic heterocycles. The normalized spacial score (nSPS) is 13.9. The number of rotatable bonds is 18. The van der Waals surface area contributed by atoms with Crippen LogP contribution in [-0.2, 0) is 35.3 Å². The average Bonchev–Trinajstić information content (AvgIpc) is 3.27. The Morgan fingerprint density at radius 2 is 1.65 bits per heavy atom. The Labute approximate surface area is 249 Å². The molecule has 1 aliphatic heterocycles. The van der Waals surface area contributed by atoms with Crippen LogP contribution in [0.1, 0.15) is 38.7 Å². The number of amides is 7. The fourth-order valence-corrected chi connectivity index (χ4v) is 4.01. The van der Waals surface area contributed by atoms with Gasteiger partial charge in [0.05, 0.1) is 26.4 Å². The van der Waals surface area contributed by atoms with Crippen molar-refractivity contribution in [2.24, 2.45) is 11.7 Å². The lowest BCUT2D eigenvalue weighted by Crippen LogP contribution is -2.52. The van der Waals surface area contributed by atoms with E-state index in [1.807, 2.05) is 0 Å². The van der Waals surface area contributed by atoms with Crippen molar-refractivity contribution in [3.63, 3.8) is 0 Å². The number of nitrogens with two attached hydrogens (primary N) is 1. The highest BCUT2D eigenvalue weighted by molar-refractivity contribution is 6.12. The van der Waals surface area contributed by atoms with Crippen LogP contribution in [0.3, 0.4) is 0 Å². The predicted molar refractivity (Wildman–Crippen MR) is 154 cm³/mol. The van der Waals surface area contributed by atoms with E-state index >= 15 is 0 Å². The van der Waals surface area contributed by atoms with Crippen LogP contribution in [0.2, 0.25) is 0 Å². The van der Waals surface area contributed by atoms with Gasteiger partial charge in [-0.15, -0.1) is 0 Å². The molecule has 0 saturated carbocycles. The minimum absolute atomic E-state index is 0.00879. The van der Waals surface area contributed by atoms with Gasteiger partial charge in [0.15, 0.2) is 0 Å². The molecule has 236 valence electrons. The highest BCUT2D eigenvalue weighted by Crippen LogP contribution is 2.12. The van der Waals surface area contributed by atoms with E-state index in [0.29, 0.717) is 24.1 Å². The van der Waals surface area contributed by atoms with Crippen molar-refractivity contribution >= 4 is 41.4 Å². The van der Waals surface area contributed by atoms with Crippen LogP contribution in [0, 0.1) is 5.92 Å². The number of benzene rings is 1. The van der Waals surface area contributed by atoms with Gasteiger partial charge in [0.2, 0.25) is 11.8 Å². The predicted octanol–water partition coefficient (Wildman–Crippen LogP) is 0.133. The summed E-state index contributed by atoms with van der Waals surface area (Å²) in [6.07, 6.45) is 2.17. The number of nitrogens with one attached hydrogen (secondary N) is 4. The number of hydrogen-bond donors (Lipinski definition) is 6. The molecule has 1 heterocycles. The molecule has 1 aromatic rings. The summed E-state index contributed by atoms with van der Waals surface area (Å²) in [7, 11) is 0. The van der Waals surface area contributed by atoms with Crippen LogP contribution >= 0.6 is 0 Å². The minimum Gasteiger partial charge on any atom is -0.447 e. The molecule has 43 heavy (non-hydrogen) atoms. The molecule has 0 aliphatic carbocycles. The van der Waals surface area contributed by atoms with Crippen LogP contribution in [0.4, 0.5) is 15.3 Å². The molecule has 7 amide bonds. The molecule has 0 radical (unpaired) electrons. The summed E-state index contributed by atoms with van der Waals surface area (Å²) in [4.78, 5) is 73.3. The summed E-state index contributed by atoms with van der Waals surface area (Å²) in [6, 6.07) is 4.35. The van der Waals surface area contributed by atoms with Gasteiger partial charge in [-0.3, -0.25) is 24.1 Å². The smallest absolute Gasteiger partial charge is 0.407 e. The number of nitrogens with zero attached hydrogens (tertiary/aromatic N) is 1. The third-order valence-corrected chi connectivity index (χ3v) is 6.27. The van der Waals surface area contributed by atoms with E-state index in [-0.39, 0.29) is 57.8 Å². The first-order valence-corrected chi connectivity index (χ1v) is 13.9. The van der Waals surface area contributed by atoms with E-state index in [2.05, 4.69) is 21.3 Å². The first-order valence-electron chi connectivity index (χ1n) is 13.9. The van der Waals surface area contributed by atoms with Crippen molar-refractivity contribution in [2.45, 2.75) is 51.8 Å². The third-order valence-electron chi connectivity index (χ3n) is 6.27. The molecule has 2 atom stereocenters.